The molecule has 0 spiro atoms. The highest BCUT2D eigenvalue weighted by molar-refractivity contribution is 6.30. The number of piperidine rings is 1. The van der Waals surface area contributed by atoms with Crippen molar-refractivity contribution in [1.29, 1.82) is 0 Å². The lowest BCUT2D eigenvalue weighted by molar-refractivity contribution is -0.118. The van der Waals surface area contributed by atoms with E-state index < -0.39 is 5.60 Å². The minimum absolute atomic E-state index is 0.0115. The van der Waals surface area contributed by atoms with Gasteiger partial charge >= 0.3 is 0 Å². The van der Waals surface area contributed by atoms with Gasteiger partial charge in [0.15, 0.2) is 11.5 Å². The number of carbonyl (C=O) groups excluding carboxylic acids is 1. The van der Waals surface area contributed by atoms with Crippen molar-refractivity contribution in [1.82, 2.24) is 4.90 Å². The van der Waals surface area contributed by atoms with Gasteiger partial charge in [-0.2, -0.15) is 0 Å². The zero-order valence-electron chi connectivity index (χ0n) is 25.6. The summed E-state index contributed by atoms with van der Waals surface area (Å²) in [5.74, 6) is 1.43. The van der Waals surface area contributed by atoms with Gasteiger partial charge in [-0.1, -0.05) is 35.9 Å². The number of ether oxygens (including phenoxy) is 2. The summed E-state index contributed by atoms with van der Waals surface area (Å²) in [4.78, 5) is 18.2. The molecule has 2 aliphatic heterocycles. The van der Waals surface area contributed by atoms with E-state index in [1.807, 2.05) is 86.3 Å². The lowest BCUT2D eigenvalue weighted by Gasteiger charge is -2.41. The van der Waals surface area contributed by atoms with Gasteiger partial charge in [-0.25, -0.2) is 0 Å². The van der Waals surface area contributed by atoms with Crippen LogP contribution >= 0.6 is 11.6 Å². The SMILES string of the molecule is COc1cc2c(cc1OC(C)C)C(c1ccc(Cl)cc1)N(c1ccc([C@@](C)(O)C3CCN(C(C)C)CC3)cc1)C(=O)C2. The Morgan fingerprint density at radius 3 is 2.17 bits per heavy atom. The molecule has 3 aromatic carbocycles. The highest BCUT2D eigenvalue weighted by Gasteiger charge is 2.38. The number of rotatable bonds is 8. The Morgan fingerprint density at radius 1 is 0.952 bits per heavy atom. The van der Waals surface area contributed by atoms with Gasteiger partial charge in [-0.3, -0.25) is 4.79 Å². The van der Waals surface area contributed by atoms with Crippen molar-refractivity contribution < 1.29 is 19.4 Å². The fraction of sp³-hybridized carbons (Fsp3) is 0.457. The van der Waals surface area contributed by atoms with E-state index >= 15 is 0 Å². The molecule has 1 unspecified atom stereocenters. The molecule has 2 aliphatic rings. The first-order valence-electron chi connectivity index (χ1n) is 15.0. The van der Waals surface area contributed by atoms with E-state index in [2.05, 4.69) is 18.7 Å². The van der Waals surface area contributed by atoms with Crippen LogP contribution in [-0.2, 0) is 16.8 Å². The summed E-state index contributed by atoms with van der Waals surface area (Å²) in [6.07, 6.45) is 2.12. The van der Waals surface area contributed by atoms with Gasteiger partial charge in [0.1, 0.15) is 0 Å². The van der Waals surface area contributed by atoms with Crippen molar-refractivity contribution in [2.24, 2.45) is 5.92 Å². The third-order valence-electron chi connectivity index (χ3n) is 8.92. The number of fused-ring (bicyclic) bond motifs is 1. The summed E-state index contributed by atoms with van der Waals surface area (Å²) >= 11 is 6.26. The molecular weight excluding hydrogens is 548 g/mol. The Kier molecular flexibility index (Phi) is 8.89. The predicted molar refractivity (Wildman–Crippen MR) is 169 cm³/mol. The molecule has 3 aromatic rings. The Hall–Kier alpha value is -3.06. The first-order chi connectivity index (χ1) is 20.0. The van der Waals surface area contributed by atoms with Crippen molar-refractivity contribution in [2.45, 2.75) is 77.7 Å². The maximum atomic E-state index is 13.9. The summed E-state index contributed by atoms with van der Waals surface area (Å²) in [7, 11) is 1.62. The number of hydrogen-bond donors (Lipinski definition) is 1. The number of benzene rings is 3. The number of aliphatic hydroxyl groups is 1. The fourth-order valence-electron chi connectivity index (χ4n) is 6.50. The zero-order chi connectivity index (χ0) is 30.2. The van der Waals surface area contributed by atoms with E-state index in [1.165, 1.54) is 0 Å². The van der Waals surface area contributed by atoms with E-state index in [0.717, 1.165) is 53.9 Å². The number of methoxy groups -OCH3 is 1. The Balaban J connectivity index is 1.51. The molecule has 0 aliphatic carbocycles. The molecule has 42 heavy (non-hydrogen) atoms. The molecule has 2 atom stereocenters. The van der Waals surface area contributed by atoms with E-state index in [0.29, 0.717) is 22.6 Å². The second kappa shape index (κ2) is 12.3. The highest BCUT2D eigenvalue weighted by atomic mass is 35.5. The van der Waals surface area contributed by atoms with Crippen LogP contribution in [0.25, 0.3) is 0 Å². The number of nitrogens with zero attached hydrogens (tertiary/aromatic N) is 2. The minimum Gasteiger partial charge on any atom is -0.493 e. The Bertz CT molecular complexity index is 1390. The molecule has 7 heteroatoms. The van der Waals surface area contributed by atoms with Gasteiger partial charge in [-0.05, 0) is 125 Å². The van der Waals surface area contributed by atoms with Crippen LogP contribution in [-0.4, -0.2) is 48.3 Å². The maximum absolute atomic E-state index is 13.9. The summed E-state index contributed by atoms with van der Waals surface area (Å²) in [6, 6.07) is 19.6. The average molecular weight is 591 g/mol. The van der Waals surface area contributed by atoms with Crippen molar-refractivity contribution in [2.75, 3.05) is 25.1 Å². The van der Waals surface area contributed by atoms with Crippen molar-refractivity contribution in [3.63, 3.8) is 0 Å². The van der Waals surface area contributed by atoms with Crippen LogP contribution in [0.3, 0.4) is 0 Å². The predicted octanol–water partition coefficient (Wildman–Crippen LogP) is 7.14. The molecule has 1 amide bonds. The minimum atomic E-state index is -0.949. The normalized spacial score (nSPS) is 19.6. The van der Waals surface area contributed by atoms with Crippen LogP contribution in [0.2, 0.25) is 5.02 Å². The van der Waals surface area contributed by atoms with Crippen molar-refractivity contribution in [3.8, 4) is 11.5 Å². The number of amides is 1. The number of carbonyl (C=O) groups is 1. The van der Waals surface area contributed by atoms with E-state index in [4.69, 9.17) is 21.1 Å². The van der Waals surface area contributed by atoms with E-state index in [1.54, 1.807) is 7.11 Å². The molecular formula is C35H43ClN2O4. The van der Waals surface area contributed by atoms with Crippen LogP contribution in [0.4, 0.5) is 5.69 Å². The van der Waals surface area contributed by atoms with E-state index in [-0.39, 0.29) is 30.4 Å². The summed E-state index contributed by atoms with van der Waals surface area (Å²) < 4.78 is 11.8. The molecule has 6 nitrogen and oxygen atoms in total. The first-order valence-corrected chi connectivity index (χ1v) is 15.4. The van der Waals surface area contributed by atoms with Crippen LogP contribution in [0.15, 0.2) is 60.7 Å². The highest BCUT2D eigenvalue weighted by Crippen LogP contribution is 2.44. The van der Waals surface area contributed by atoms with Crippen molar-refractivity contribution in [3.05, 3.63) is 87.9 Å². The summed E-state index contributed by atoms with van der Waals surface area (Å²) in [5, 5.41) is 12.3. The monoisotopic (exact) mass is 590 g/mol. The number of anilines is 1. The number of likely N-dealkylation sites (tertiary alicyclic amines) is 1. The Morgan fingerprint density at radius 2 is 1.60 bits per heavy atom. The average Bonchev–Trinajstić information content (AvgIpc) is 2.96. The molecule has 0 radical (unpaired) electrons. The van der Waals surface area contributed by atoms with Gasteiger partial charge in [0, 0.05) is 16.8 Å². The van der Waals surface area contributed by atoms with Gasteiger partial charge in [0.25, 0.3) is 0 Å². The first kappa shape index (κ1) is 30.4. The summed E-state index contributed by atoms with van der Waals surface area (Å²) in [5.41, 5.74) is 3.55. The Labute approximate surface area is 255 Å². The zero-order valence-corrected chi connectivity index (χ0v) is 26.3. The molecule has 1 fully saturated rings. The molecule has 224 valence electrons. The molecule has 0 aromatic heterocycles. The molecule has 0 saturated carbocycles. The topological polar surface area (TPSA) is 62.2 Å². The fourth-order valence-corrected chi connectivity index (χ4v) is 6.63. The lowest BCUT2D eigenvalue weighted by atomic mass is 9.77. The van der Waals surface area contributed by atoms with Gasteiger partial charge < -0.3 is 24.4 Å². The van der Waals surface area contributed by atoms with Gasteiger partial charge in [-0.15, -0.1) is 0 Å². The summed E-state index contributed by atoms with van der Waals surface area (Å²) in [6.45, 7) is 12.3. The maximum Gasteiger partial charge on any atom is 0.232 e. The molecule has 2 heterocycles. The molecule has 5 rings (SSSR count). The molecule has 1 N–H and O–H groups in total. The van der Waals surface area contributed by atoms with Gasteiger partial charge in [0.2, 0.25) is 5.91 Å². The quantitative estimate of drug-likeness (QED) is 0.302. The van der Waals surface area contributed by atoms with Crippen LogP contribution in [0.5, 0.6) is 11.5 Å². The smallest absolute Gasteiger partial charge is 0.232 e. The lowest BCUT2D eigenvalue weighted by Crippen LogP contribution is -2.44. The third-order valence-corrected chi connectivity index (χ3v) is 9.17. The third kappa shape index (κ3) is 6.03. The number of halogens is 1. The van der Waals surface area contributed by atoms with Crippen LogP contribution in [0.1, 0.15) is 75.8 Å². The molecule has 0 bridgehead atoms. The second-order valence-electron chi connectivity index (χ2n) is 12.4. The van der Waals surface area contributed by atoms with Crippen molar-refractivity contribution >= 4 is 23.2 Å². The standard InChI is InChI=1S/C35H43ClN2O4/c1-22(2)37-17-15-27(16-18-37)35(5,40)26-9-13-29(14-10-26)38-33(39)20-25-19-31(41-6)32(42-23(3)4)21-30(25)34(38)24-7-11-28(36)12-8-24/h7-14,19,21-23,27,34,40H,15-18,20H2,1-6H3/t34?,35-/m1/s1. The van der Waals surface area contributed by atoms with Gasteiger partial charge in [0.05, 0.1) is 31.3 Å². The van der Waals surface area contributed by atoms with Crippen LogP contribution in [0, 0.1) is 5.92 Å². The number of hydrogen-bond acceptors (Lipinski definition) is 5. The van der Waals surface area contributed by atoms with E-state index in [9.17, 15) is 9.90 Å². The van der Waals surface area contributed by atoms with Crippen LogP contribution < -0.4 is 14.4 Å². The second-order valence-corrected chi connectivity index (χ2v) is 12.8. The molecule has 1 saturated heterocycles. The largest absolute Gasteiger partial charge is 0.493 e.